The van der Waals surface area contributed by atoms with E-state index in [1.807, 2.05) is 54.5 Å². The van der Waals surface area contributed by atoms with Crippen LogP contribution in [0.25, 0.3) is 10.9 Å². The Balaban J connectivity index is 1.46. The lowest BCUT2D eigenvalue weighted by atomic mass is 10.1. The Kier molecular flexibility index (Phi) is 5.74. The van der Waals surface area contributed by atoms with E-state index in [9.17, 15) is 4.79 Å². The molecule has 0 spiro atoms. The number of benzene rings is 2. The second-order valence-corrected chi connectivity index (χ2v) is 6.63. The molecule has 1 amide bonds. The molecule has 0 atom stereocenters. The van der Waals surface area contributed by atoms with Crippen LogP contribution in [0.4, 0.5) is 0 Å². The van der Waals surface area contributed by atoms with Crippen molar-refractivity contribution in [3.63, 3.8) is 0 Å². The van der Waals surface area contributed by atoms with Crippen LogP contribution in [0, 0.1) is 0 Å². The van der Waals surface area contributed by atoms with E-state index in [-0.39, 0.29) is 5.91 Å². The van der Waals surface area contributed by atoms with Gasteiger partial charge in [-0.15, -0.1) is 0 Å². The van der Waals surface area contributed by atoms with Gasteiger partial charge in [-0.1, -0.05) is 48.0 Å². The number of aromatic nitrogens is 1. The molecule has 0 aliphatic rings. The van der Waals surface area contributed by atoms with E-state index < -0.39 is 0 Å². The highest BCUT2D eigenvalue weighted by atomic mass is 35.5. The summed E-state index contributed by atoms with van der Waals surface area (Å²) in [7, 11) is 1.92. The first kappa shape index (κ1) is 17.5. The fraction of sp³-hybridized carbons (Fsp3) is 0.250. The number of amides is 1. The zero-order chi connectivity index (χ0) is 17.6. The lowest BCUT2D eigenvalue weighted by Crippen LogP contribution is -2.35. The van der Waals surface area contributed by atoms with Crippen molar-refractivity contribution < 1.29 is 4.79 Å². The van der Waals surface area contributed by atoms with Gasteiger partial charge in [-0.25, -0.2) is 0 Å². The van der Waals surface area contributed by atoms with E-state index in [4.69, 9.17) is 11.6 Å². The van der Waals surface area contributed by atoms with Gasteiger partial charge < -0.3 is 10.3 Å². The molecule has 3 rings (SSSR count). The number of likely N-dealkylation sites (N-methyl/N-ethyl adjacent to an activating group) is 1. The average molecular weight is 356 g/mol. The number of rotatable bonds is 7. The Hall–Kier alpha value is -2.30. The number of halogens is 1. The highest BCUT2D eigenvalue weighted by Crippen LogP contribution is 2.18. The van der Waals surface area contributed by atoms with E-state index in [0.717, 1.165) is 22.5 Å². The highest BCUT2D eigenvalue weighted by molar-refractivity contribution is 6.31. The Morgan fingerprint density at radius 1 is 1.12 bits per heavy atom. The summed E-state index contributed by atoms with van der Waals surface area (Å²) in [6.45, 7) is 1.62. The summed E-state index contributed by atoms with van der Waals surface area (Å²) in [5.41, 5.74) is 3.38. The van der Waals surface area contributed by atoms with E-state index in [1.165, 1.54) is 10.9 Å². The van der Waals surface area contributed by atoms with Crippen LogP contribution in [-0.2, 0) is 17.8 Å². The van der Waals surface area contributed by atoms with E-state index in [2.05, 4.69) is 22.4 Å². The third-order valence-electron chi connectivity index (χ3n) is 4.20. The molecule has 4 nitrogen and oxygen atoms in total. The molecule has 2 N–H and O–H groups in total. The Morgan fingerprint density at radius 2 is 1.88 bits per heavy atom. The predicted octanol–water partition coefficient (Wildman–Crippen LogP) is 3.61. The zero-order valence-corrected chi connectivity index (χ0v) is 15.0. The van der Waals surface area contributed by atoms with Crippen molar-refractivity contribution in [2.45, 2.75) is 13.0 Å². The summed E-state index contributed by atoms with van der Waals surface area (Å²) >= 11 is 6.16. The van der Waals surface area contributed by atoms with Gasteiger partial charge in [0.05, 0.1) is 6.54 Å². The number of nitrogens with zero attached hydrogens (tertiary/aromatic N) is 1. The van der Waals surface area contributed by atoms with Gasteiger partial charge in [0.1, 0.15) is 0 Å². The van der Waals surface area contributed by atoms with Crippen LogP contribution in [0.3, 0.4) is 0 Å². The summed E-state index contributed by atoms with van der Waals surface area (Å²) < 4.78 is 0. The highest BCUT2D eigenvalue weighted by Gasteiger charge is 2.09. The van der Waals surface area contributed by atoms with Crippen molar-refractivity contribution in [2.75, 3.05) is 20.1 Å². The number of carbonyl (C=O) groups is 1. The van der Waals surface area contributed by atoms with Crippen LogP contribution < -0.4 is 5.32 Å². The number of fused-ring (bicyclic) bond motifs is 1. The van der Waals surface area contributed by atoms with Crippen molar-refractivity contribution in [1.29, 1.82) is 0 Å². The van der Waals surface area contributed by atoms with Crippen LogP contribution in [0.2, 0.25) is 5.02 Å². The third kappa shape index (κ3) is 4.62. The van der Waals surface area contributed by atoms with E-state index >= 15 is 0 Å². The molecule has 1 aromatic heterocycles. The fourth-order valence-corrected chi connectivity index (χ4v) is 3.14. The predicted molar refractivity (Wildman–Crippen MR) is 103 cm³/mol. The first-order valence-corrected chi connectivity index (χ1v) is 8.75. The number of hydrogen-bond donors (Lipinski definition) is 2. The van der Waals surface area contributed by atoms with Crippen LogP contribution in [-0.4, -0.2) is 35.9 Å². The largest absolute Gasteiger partial charge is 0.361 e. The second kappa shape index (κ2) is 8.19. The molecular formula is C20H22ClN3O. The number of para-hydroxylation sites is 1. The van der Waals surface area contributed by atoms with Crippen molar-refractivity contribution in [2.24, 2.45) is 0 Å². The van der Waals surface area contributed by atoms with Gasteiger partial charge in [-0.3, -0.25) is 9.69 Å². The van der Waals surface area contributed by atoms with Crippen LogP contribution >= 0.6 is 11.6 Å². The van der Waals surface area contributed by atoms with Crippen LogP contribution in [0.5, 0.6) is 0 Å². The first-order chi connectivity index (χ1) is 12.1. The Morgan fingerprint density at radius 3 is 2.72 bits per heavy atom. The molecule has 1 heterocycles. The molecule has 25 heavy (non-hydrogen) atoms. The quantitative estimate of drug-likeness (QED) is 0.680. The molecule has 2 aromatic carbocycles. The first-order valence-electron chi connectivity index (χ1n) is 8.37. The SMILES string of the molecule is CN(CC(=O)NCCc1c[nH]c2ccccc12)Cc1ccccc1Cl. The maximum absolute atomic E-state index is 12.1. The second-order valence-electron chi connectivity index (χ2n) is 6.22. The molecule has 0 bridgehead atoms. The van der Waals surface area contributed by atoms with Gasteiger partial charge in [0, 0.05) is 35.2 Å². The lowest BCUT2D eigenvalue weighted by molar-refractivity contribution is -0.122. The maximum atomic E-state index is 12.1. The Bertz CT molecular complexity index is 859. The van der Waals surface area contributed by atoms with Gasteiger partial charge in [0.25, 0.3) is 0 Å². The smallest absolute Gasteiger partial charge is 0.234 e. The summed E-state index contributed by atoms with van der Waals surface area (Å²) in [5, 5.41) is 4.94. The molecule has 0 aliphatic heterocycles. The van der Waals surface area contributed by atoms with Crippen molar-refractivity contribution in [1.82, 2.24) is 15.2 Å². The van der Waals surface area contributed by atoms with Gasteiger partial charge in [0.2, 0.25) is 5.91 Å². The third-order valence-corrected chi connectivity index (χ3v) is 4.57. The van der Waals surface area contributed by atoms with Crippen molar-refractivity contribution in [3.05, 3.63) is 70.9 Å². The monoisotopic (exact) mass is 355 g/mol. The van der Waals surface area contributed by atoms with Gasteiger partial charge in [-0.05, 0) is 36.7 Å². The normalized spacial score (nSPS) is 11.2. The molecule has 130 valence electrons. The number of aromatic amines is 1. The van der Waals surface area contributed by atoms with E-state index in [1.54, 1.807) is 0 Å². The summed E-state index contributed by atoms with van der Waals surface area (Å²) in [6.07, 6.45) is 2.82. The lowest BCUT2D eigenvalue weighted by Gasteiger charge is -2.17. The summed E-state index contributed by atoms with van der Waals surface area (Å²) in [4.78, 5) is 17.3. The summed E-state index contributed by atoms with van der Waals surface area (Å²) in [5.74, 6) is 0.0226. The van der Waals surface area contributed by atoms with Crippen LogP contribution in [0.1, 0.15) is 11.1 Å². The van der Waals surface area contributed by atoms with Crippen molar-refractivity contribution in [3.8, 4) is 0 Å². The molecule has 0 saturated heterocycles. The minimum atomic E-state index is 0.0226. The van der Waals surface area contributed by atoms with Crippen LogP contribution in [0.15, 0.2) is 54.7 Å². The molecule has 0 saturated carbocycles. The standard InChI is InChI=1S/C20H22ClN3O/c1-24(13-16-6-2-4-8-18(16)21)14-20(25)22-11-10-15-12-23-19-9-5-3-7-17(15)19/h2-9,12,23H,10-11,13-14H2,1H3,(H,22,25). The molecule has 0 aliphatic carbocycles. The zero-order valence-electron chi connectivity index (χ0n) is 14.3. The maximum Gasteiger partial charge on any atom is 0.234 e. The minimum absolute atomic E-state index is 0.0226. The molecule has 0 unspecified atom stereocenters. The van der Waals surface area contributed by atoms with Gasteiger partial charge in [-0.2, -0.15) is 0 Å². The number of hydrogen-bond acceptors (Lipinski definition) is 2. The number of nitrogens with one attached hydrogen (secondary N) is 2. The molecular weight excluding hydrogens is 334 g/mol. The van der Waals surface area contributed by atoms with Crippen molar-refractivity contribution >= 4 is 28.4 Å². The molecule has 3 aromatic rings. The number of carbonyl (C=O) groups excluding carboxylic acids is 1. The average Bonchev–Trinajstić information content (AvgIpc) is 3.00. The molecule has 5 heteroatoms. The van der Waals surface area contributed by atoms with E-state index in [0.29, 0.717) is 19.6 Å². The summed E-state index contributed by atoms with van der Waals surface area (Å²) in [6, 6.07) is 15.9. The Labute approximate surface area is 152 Å². The topological polar surface area (TPSA) is 48.1 Å². The minimum Gasteiger partial charge on any atom is -0.361 e. The number of H-pyrrole nitrogens is 1. The van der Waals surface area contributed by atoms with Gasteiger partial charge in [0.15, 0.2) is 0 Å². The molecule has 0 radical (unpaired) electrons. The van der Waals surface area contributed by atoms with Gasteiger partial charge >= 0.3 is 0 Å². The fourth-order valence-electron chi connectivity index (χ4n) is 2.95. The molecule has 0 fully saturated rings.